The molecule has 1 aliphatic rings. The smallest absolute Gasteiger partial charge is 0.334 e. The summed E-state index contributed by atoms with van der Waals surface area (Å²) >= 11 is 0. The molecule has 0 aromatic heterocycles. The van der Waals surface area contributed by atoms with Crippen molar-refractivity contribution in [2.45, 2.75) is 123 Å². The fraction of sp³-hybridized carbons (Fsp3) is 0.759. The summed E-state index contributed by atoms with van der Waals surface area (Å²) in [6.07, 6.45) is 20.1. The van der Waals surface area contributed by atoms with Crippen molar-refractivity contribution in [3.8, 4) is 0 Å². The summed E-state index contributed by atoms with van der Waals surface area (Å²) in [5, 5.41) is 11.3. The zero-order valence-corrected chi connectivity index (χ0v) is 22.5. The van der Waals surface area contributed by atoms with Crippen LogP contribution in [0.15, 0.2) is 36.1 Å². The third-order valence-corrected chi connectivity index (χ3v) is 7.14. The second-order valence-electron chi connectivity index (χ2n) is 9.79. The predicted octanol–water partition coefficient (Wildman–Crippen LogP) is 7.40. The van der Waals surface area contributed by atoms with Crippen molar-refractivity contribution in [2.24, 2.45) is 5.41 Å². The highest BCUT2D eigenvalue weighted by Crippen LogP contribution is 2.49. The number of carbonyl (C=O) groups is 1. The van der Waals surface area contributed by atoms with Crippen molar-refractivity contribution < 1.29 is 24.1 Å². The molecule has 1 unspecified atom stereocenters. The molecule has 0 aromatic carbocycles. The topological polar surface area (TPSA) is 65.0 Å². The summed E-state index contributed by atoms with van der Waals surface area (Å²) in [7, 11) is 1.64. The van der Waals surface area contributed by atoms with E-state index in [-0.39, 0.29) is 5.57 Å². The molecule has 1 rings (SSSR count). The zero-order chi connectivity index (χ0) is 25.5. The summed E-state index contributed by atoms with van der Waals surface area (Å²) in [4.78, 5) is 12.4. The predicted molar refractivity (Wildman–Crippen MR) is 139 cm³/mol. The van der Waals surface area contributed by atoms with Gasteiger partial charge in [-0.25, -0.2) is 4.79 Å². The first-order valence-corrected chi connectivity index (χ1v) is 13.4. The van der Waals surface area contributed by atoms with E-state index in [2.05, 4.69) is 20.4 Å². The molecule has 1 heterocycles. The van der Waals surface area contributed by atoms with E-state index in [1.165, 1.54) is 51.4 Å². The quantitative estimate of drug-likeness (QED) is 0.0523. The molecule has 5 heteroatoms. The number of ether oxygens (including phenoxy) is 3. The molecule has 34 heavy (non-hydrogen) atoms. The third kappa shape index (κ3) is 9.22. The van der Waals surface area contributed by atoms with Crippen LogP contribution in [-0.4, -0.2) is 36.7 Å². The van der Waals surface area contributed by atoms with Gasteiger partial charge in [0.05, 0.1) is 19.1 Å². The normalized spacial score (nSPS) is 22.9. The van der Waals surface area contributed by atoms with Gasteiger partial charge in [0.15, 0.2) is 5.79 Å². The van der Waals surface area contributed by atoms with Crippen LogP contribution in [-0.2, 0) is 19.0 Å². The van der Waals surface area contributed by atoms with E-state index in [1.807, 2.05) is 25.2 Å². The van der Waals surface area contributed by atoms with Crippen molar-refractivity contribution in [2.75, 3.05) is 13.7 Å². The molecule has 1 saturated heterocycles. The van der Waals surface area contributed by atoms with Crippen molar-refractivity contribution >= 4 is 5.97 Å². The Hall–Kier alpha value is -1.59. The van der Waals surface area contributed by atoms with Crippen molar-refractivity contribution in [3.05, 3.63) is 36.1 Å². The van der Waals surface area contributed by atoms with Crippen LogP contribution in [0.4, 0.5) is 0 Å². The molecular weight excluding hydrogens is 428 g/mol. The van der Waals surface area contributed by atoms with E-state index in [4.69, 9.17) is 14.2 Å². The molecule has 0 amide bonds. The summed E-state index contributed by atoms with van der Waals surface area (Å²) < 4.78 is 16.8. The molecule has 0 saturated carbocycles. The largest absolute Gasteiger partial charge is 0.497 e. The van der Waals surface area contributed by atoms with Gasteiger partial charge in [0.25, 0.3) is 0 Å². The number of hydrogen-bond acceptors (Lipinski definition) is 5. The number of allylic oxidation sites excluding steroid dienone is 2. The minimum Gasteiger partial charge on any atom is -0.497 e. The lowest BCUT2D eigenvalue weighted by Gasteiger charge is -2.41. The molecule has 0 spiro atoms. The Morgan fingerprint density at radius 2 is 1.71 bits per heavy atom. The lowest BCUT2D eigenvalue weighted by atomic mass is 9.71. The zero-order valence-electron chi connectivity index (χ0n) is 22.5. The van der Waals surface area contributed by atoms with Gasteiger partial charge in [0.1, 0.15) is 11.9 Å². The van der Waals surface area contributed by atoms with Crippen LogP contribution in [0.1, 0.15) is 111 Å². The molecule has 196 valence electrons. The Kier molecular flexibility index (Phi) is 14.5. The van der Waals surface area contributed by atoms with Gasteiger partial charge in [-0.2, -0.15) is 0 Å². The molecular formula is C29H50O5. The Balaban J connectivity index is 2.51. The van der Waals surface area contributed by atoms with Crippen molar-refractivity contribution in [1.29, 1.82) is 0 Å². The van der Waals surface area contributed by atoms with Crippen LogP contribution in [0, 0.1) is 5.41 Å². The lowest BCUT2D eigenvalue weighted by molar-refractivity contribution is -0.259. The van der Waals surface area contributed by atoms with Crippen molar-refractivity contribution in [3.63, 3.8) is 0 Å². The van der Waals surface area contributed by atoms with Gasteiger partial charge in [0, 0.05) is 5.57 Å². The second kappa shape index (κ2) is 16.1. The van der Waals surface area contributed by atoms with Crippen LogP contribution >= 0.6 is 0 Å². The Bertz CT molecular complexity index is 663. The number of rotatable bonds is 19. The van der Waals surface area contributed by atoms with Crippen molar-refractivity contribution in [1.82, 2.24) is 0 Å². The molecule has 3 atom stereocenters. The van der Waals surface area contributed by atoms with Gasteiger partial charge in [-0.15, -0.1) is 0 Å². The molecule has 5 nitrogen and oxygen atoms in total. The minimum atomic E-state index is -1.56. The van der Waals surface area contributed by atoms with Crippen LogP contribution in [0.2, 0.25) is 0 Å². The van der Waals surface area contributed by atoms with E-state index in [1.54, 1.807) is 14.0 Å². The average Bonchev–Trinajstić information content (AvgIpc) is 3.04. The summed E-state index contributed by atoms with van der Waals surface area (Å²) in [5.41, 5.74) is -0.690. The fourth-order valence-electron chi connectivity index (χ4n) is 4.56. The SMILES string of the molecule is C=C1C(=O)O[C@H](CCCCCCCCCCCC)[C@@]1(C)C(C)(O)OCC/C=C\C(=C/CC)OC. The van der Waals surface area contributed by atoms with E-state index >= 15 is 0 Å². The van der Waals surface area contributed by atoms with Crippen LogP contribution in [0.3, 0.4) is 0 Å². The molecule has 0 aliphatic carbocycles. The van der Waals surface area contributed by atoms with E-state index in [9.17, 15) is 9.90 Å². The van der Waals surface area contributed by atoms with E-state index in [0.29, 0.717) is 19.4 Å². The Morgan fingerprint density at radius 3 is 2.26 bits per heavy atom. The molecule has 0 bridgehead atoms. The van der Waals surface area contributed by atoms with Gasteiger partial charge in [-0.1, -0.05) is 84.3 Å². The molecule has 1 aliphatic heterocycles. The Morgan fingerprint density at radius 1 is 1.12 bits per heavy atom. The third-order valence-electron chi connectivity index (χ3n) is 7.14. The standard InChI is InChI=1S/C29H50O5/c1-7-9-10-11-12-13-14-15-16-17-22-26-28(4,24(3)27(30)34-26)29(5,31)33-23-19-18-21-25(32-6)20-8-2/h18,20-21,26,31H,3,7-17,19,22-23H2,1-2,4-6H3/b21-18-,25-20+/t26-,28+,29?/m1/s1. The number of esters is 1. The number of hydrogen-bond donors (Lipinski definition) is 1. The number of aliphatic hydroxyl groups is 1. The Labute approximate surface area is 208 Å². The minimum absolute atomic E-state index is 0.290. The highest BCUT2D eigenvalue weighted by molar-refractivity contribution is 5.92. The summed E-state index contributed by atoms with van der Waals surface area (Å²) in [6, 6.07) is 0. The number of carbonyl (C=O) groups excluding carboxylic acids is 1. The first-order chi connectivity index (χ1) is 16.2. The maximum Gasteiger partial charge on any atom is 0.334 e. The number of unbranched alkanes of at least 4 members (excludes halogenated alkanes) is 9. The number of methoxy groups -OCH3 is 1. The van der Waals surface area contributed by atoms with Gasteiger partial charge >= 0.3 is 5.97 Å². The average molecular weight is 479 g/mol. The fourth-order valence-corrected chi connectivity index (χ4v) is 4.56. The first-order valence-electron chi connectivity index (χ1n) is 13.4. The molecule has 0 aromatic rings. The monoisotopic (exact) mass is 478 g/mol. The maximum atomic E-state index is 12.4. The van der Waals surface area contributed by atoms with E-state index < -0.39 is 23.3 Å². The molecule has 1 N–H and O–H groups in total. The lowest BCUT2D eigenvalue weighted by Crippen LogP contribution is -2.52. The van der Waals surface area contributed by atoms with Crippen LogP contribution < -0.4 is 0 Å². The summed E-state index contributed by atoms with van der Waals surface area (Å²) in [5.74, 6) is -1.19. The highest BCUT2D eigenvalue weighted by Gasteiger charge is 2.59. The van der Waals surface area contributed by atoms with Gasteiger partial charge in [-0.3, -0.25) is 0 Å². The summed E-state index contributed by atoms with van der Waals surface area (Å²) in [6.45, 7) is 12.0. The van der Waals surface area contributed by atoms with Crippen LogP contribution in [0.25, 0.3) is 0 Å². The second-order valence-corrected chi connectivity index (χ2v) is 9.79. The van der Waals surface area contributed by atoms with Gasteiger partial charge < -0.3 is 19.3 Å². The van der Waals surface area contributed by atoms with E-state index in [0.717, 1.165) is 25.0 Å². The number of cyclic esters (lactones) is 1. The first kappa shape index (κ1) is 30.4. The van der Waals surface area contributed by atoms with Gasteiger partial charge in [-0.05, 0) is 51.7 Å². The van der Waals surface area contributed by atoms with Gasteiger partial charge in [0.2, 0.25) is 0 Å². The van der Waals surface area contributed by atoms with Crippen LogP contribution in [0.5, 0.6) is 0 Å². The molecule has 0 radical (unpaired) electrons. The highest BCUT2D eigenvalue weighted by atomic mass is 16.6. The molecule has 1 fully saturated rings. The maximum absolute atomic E-state index is 12.4.